The lowest BCUT2D eigenvalue weighted by Gasteiger charge is -2.48. The quantitative estimate of drug-likeness (QED) is 0.648. The minimum atomic E-state index is -0.737. The molecule has 0 aromatic heterocycles. The Bertz CT molecular complexity index is 1070. The van der Waals surface area contributed by atoms with Gasteiger partial charge in [-0.05, 0) is 43.2 Å². The average molecular weight is 498 g/mol. The van der Waals surface area contributed by atoms with Crippen molar-refractivity contribution in [3.05, 3.63) is 64.1 Å². The maximum atomic E-state index is 13.3. The van der Waals surface area contributed by atoms with Gasteiger partial charge < -0.3 is 10.2 Å². The van der Waals surface area contributed by atoms with Gasteiger partial charge in [-0.15, -0.1) is 0 Å². The van der Waals surface area contributed by atoms with Crippen LogP contribution in [-0.2, 0) is 15.0 Å². The highest BCUT2D eigenvalue weighted by Gasteiger charge is 2.52. The Morgan fingerprint density at radius 2 is 1.81 bits per heavy atom. The fourth-order valence-electron chi connectivity index (χ4n) is 4.67. The van der Waals surface area contributed by atoms with Gasteiger partial charge in [0.25, 0.3) is 5.91 Å². The molecular formula is C25H28BrN3O3. The predicted molar refractivity (Wildman–Crippen MR) is 127 cm³/mol. The molecule has 0 saturated carbocycles. The number of carbonyl (C=O) groups is 3. The Labute approximate surface area is 197 Å². The van der Waals surface area contributed by atoms with E-state index in [0.29, 0.717) is 30.6 Å². The number of rotatable bonds is 6. The van der Waals surface area contributed by atoms with Crippen molar-refractivity contribution in [3.63, 3.8) is 0 Å². The van der Waals surface area contributed by atoms with Gasteiger partial charge in [-0.3, -0.25) is 19.3 Å². The van der Waals surface area contributed by atoms with E-state index in [-0.39, 0.29) is 36.1 Å². The predicted octanol–water partition coefficient (Wildman–Crippen LogP) is 4.23. The molecule has 1 saturated heterocycles. The zero-order valence-corrected chi connectivity index (χ0v) is 20.2. The largest absolute Gasteiger partial charge is 0.355 e. The molecule has 1 fully saturated rings. The summed E-state index contributed by atoms with van der Waals surface area (Å²) >= 11 is 3.45. The topological polar surface area (TPSA) is 69.7 Å². The van der Waals surface area contributed by atoms with Crippen molar-refractivity contribution in [3.8, 4) is 0 Å². The Kier molecular flexibility index (Phi) is 5.88. The molecule has 2 aromatic rings. The van der Waals surface area contributed by atoms with Crippen LogP contribution in [-0.4, -0.2) is 41.4 Å². The second kappa shape index (κ2) is 8.35. The lowest BCUT2D eigenvalue weighted by atomic mass is 9.84. The van der Waals surface area contributed by atoms with E-state index in [2.05, 4.69) is 35.1 Å². The third-order valence-corrected chi connectivity index (χ3v) is 7.19. The summed E-state index contributed by atoms with van der Waals surface area (Å²) in [6.07, 6.45) is 1.13. The first-order valence-electron chi connectivity index (χ1n) is 10.9. The van der Waals surface area contributed by atoms with Crippen molar-refractivity contribution >= 4 is 39.3 Å². The van der Waals surface area contributed by atoms with Gasteiger partial charge in [0, 0.05) is 35.8 Å². The highest BCUT2D eigenvalue weighted by Crippen LogP contribution is 2.43. The number of hydrogen-bond acceptors (Lipinski definition) is 3. The van der Waals surface area contributed by atoms with Gasteiger partial charge in [-0.25, -0.2) is 0 Å². The molecule has 2 aliphatic heterocycles. The second-order valence-electron chi connectivity index (χ2n) is 9.34. The van der Waals surface area contributed by atoms with E-state index in [1.54, 1.807) is 21.9 Å². The van der Waals surface area contributed by atoms with Crippen molar-refractivity contribution in [2.75, 3.05) is 18.0 Å². The van der Waals surface area contributed by atoms with Crippen LogP contribution in [0.15, 0.2) is 53.0 Å². The maximum Gasteiger partial charge on any atom is 0.257 e. The molecule has 0 radical (unpaired) electrons. The smallest absolute Gasteiger partial charge is 0.257 e. The molecular weight excluding hydrogens is 470 g/mol. The summed E-state index contributed by atoms with van der Waals surface area (Å²) in [6.45, 7) is 6.85. The standard InChI is InChI=1S/C25H28BrN3O3/c1-24(2,17-8-10-18(26)11-9-17)16-27-21(30)13-15-28-23(32)19-6-4-5-7-20(19)29-22(31)12-14-25(28,29)3/h4-11H,12-16H2,1-3H3,(H,27,30). The molecule has 7 heteroatoms. The molecule has 1 unspecified atom stereocenters. The number of fused-ring (bicyclic) bond motifs is 3. The number of benzene rings is 2. The van der Waals surface area contributed by atoms with Gasteiger partial charge in [0.05, 0.1) is 11.3 Å². The Morgan fingerprint density at radius 1 is 1.12 bits per heavy atom. The summed E-state index contributed by atoms with van der Waals surface area (Å²) < 4.78 is 1.02. The minimum Gasteiger partial charge on any atom is -0.355 e. The van der Waals surface area contributed by atoms with E-state index in [1.807, 2.05) is 43.3 Å². The van der Waals surface area contributed by atoms with Crippen molar-refractivity contribution in [1.29, 1.82) is 0 Å². The minimum absolute atomic E-state index is 0.0122. The highest BCUT2D eigenvalue weighted by molar-refractivity contribution is 9.10. The summed E-state index contributed by atoms with van der Waals surface area (Å²) in [4.78, 5) is 42.0. The van der Waals surface area contributed by atoms with Crippen LogP contribution < -0.4 is 10.2 Å². The molecule has 32 heavy (non-hydrogen) atoms. The number of nitrogens with one attached hydrogen (secondary N) is 1. The van der Waals surface area contributed by atoms with E-state index in [1.165, 1.54) is 0 Å². The number of hydrogen-bond donors (Lipinski definition) is 1. The van der Waals surface area contributed by atoms with Crippen molar-refractivity contribution in [2.24, 2.45) is 0 Å². The summed E-state index contributed by atoms with van der Waals surface area (Å²) in [5.41, 5.74) is 1.35. The molecule has 6 nitrogen and oxygen atoms in total. The Morgan fingerprint density at radius 3 is 2.53 bits per heavy atom. The molecule has 4 rings (SSSR count). The summed E-state index contributed by atoms with van der Waals surface area (Å²) in [6, 6.07) is 15.3. The molecule has 2 aromatic carbocycles. The molecule has 1 N–H and O–H groups in total. The molecule has 2 heterocycles. The first-order valence-corrected chi connectivity index (χ1v) is 11.7. The first-order chi connectivity index (χ1) is 15.1. The average Bonchev–Trinajstić information content (AvgIpc) is 3.07. The van der Waals surface area contributed by atoms with Crippen LogP contribution in [0.3, 0.4) is 0 Å². The molecule has 2 aliphatic rings. The second-order valence-corrected chi connectivity index (χ2v) is 10.3. The first kappa shape index (κ1) is 22.5. The molecule has 1 atom stereocenters. The van der Waals surface area contributed by atoms with E-state index in [0.717, 1.165) is 10.0 Å². The van der Waals surface area contributed by atoms with Crippen LogP contribution in [0.5, 0.6) is 0 Å². The Balaban J connectivity index is 1.44. The van der Waals surface area contributed by atoms with Gasteiger partial charge in [-0.1, -0.05) is 54.0 Å². The van der Waals surface area contributed by atoms with Crippen LogP contribution >= 0.6 is 15.9 Å². The molecule has 3 amide bonds. The molecule has 168 valence electrons. The lowest BCUT2D eigenvalue weighted by molar-refractivity contribution is -0.121. The Hall–Kier alpha value is -2.67. The third-order valence-electron chi connectivity index (χ3n) is 6.66. The van der Waals surface area contributed by atoms with Crippen LogP contribution in [0.4, 0.5) is 5.69 Å². The van der Waals surface area contributed by atoms with Crippen molar-refractivity contribution in [2.45, 2.75) is 51.1 Å². The van der Waals surface area contributed by atoms with Gasteiger partial charge in [-0.2, -0.15) is 0 Å². The van der Waals surface area contributed by atoms with Crippen molar-refractivity contribution in [1.82, 2.24) is 10.2 Å². The van der Waals surface area contributed by atoms with E-state index >= 15 is 0 Å². The number of halogens is 1. The van der Waals surface area contributed by atoms with Crippen molar-refractivity contribution < 1.29 is 14.4 Å². The monoisotopic (exact) mass is 497 g/mol. The van der Waals surface area contributed by atoms with Crippen LogP contribution in [0.2, 0.25) is 0 Å². The number of amides is 3. The number of para-hydroxylation sites is 1. The summed E-state index contributed by atoms with van der Waals surface area (Å²) in [5.74, 6) is -0.225. The molecule has 0 bridgehead atoms. The highest BCUT2D eigenvalue weighted by atomic mass is 79.9. The fourth-order valence-corrected chi connectivity index (χ4v) is 4.93. The van der Waals surface area contributed by atoms with Crippen LogP contribution in [0, 0.1) is 0 Å². The maximum absolute atomic E-state index is 13.3. The van der Waals surface area contributed by atoms with E-state index in [4.69, 9.17) is 0 Å². The van der Waals surface area contributed by atoms with Crippen LogP contribution in [0.1, 0.15) is 56.0 Å². The number of nitrogens with zero attached hydrogens (tertiary/aromatic N) is 2. The van der Waals surface area contributed by atoms with Gasteiger partial charge in [0.2, 0.25) is 11.8 Å². The fraction of sp³-hybridized carbons (Fsp3) is 0.400. The van der Waals surface area contributed by atoms with E-state index < -0.39 is 5.66 Å². The zero-order chi connectivity index (χ0) is 23.1. The number of anilines is 1. The summed E-state index contributed by atoms with van der Waals surface area (Å²) in [7, 11) is 0. The summed E-state index contributed by atoms with van der Waals surface area (Å²) in [5, 5.41) is 3.02. The van der Waals surface area contributed by atoms with Crippen LogP contribution in [0.25, 0.3) is 0 Å². The zero-order valence-electron chi connectivity index (χ0n) is 18.7. The van der Waals surface area contributed by atoms with E-state index in [9.17, 15) is 14.4 Å². The van der Waals surface area contributed by atoms with Gasteiger partial charge in [0.15, 0.2) is 0 Å². The lowest BCUT2D eigenvalue weighted by Crippen LogP contribution is -2.62. The van der Waals surface area contributed by atoms with Gasteiger partial charge in [0.1, 0.15) is 5.66 Å². The molecule has 0 spiro atoms. The number of carbonyl (C=O) groups excluding carboxylic acids is 3. The van der Waals surface area contributed by atoms with Gasteiger partial charge >= 0.3 is 0 Å². The molecule has 0 aliphatic carbocycles. The SMILES string of the molecule is CC(C)(CNC(=O)CCN1C(=O)c2ccccc2N2C(=O)CCC12C)c1ccc(Br)cc1. The normalized spacial score (nSPS) is 20.2. The third kappa shape index (κ3) is 3.94.